The maximum atomic E-state index is 14.6. The fraction of sp³-hybridized carbons (Fsp3) is 0.410. The highest BCUT2D eigenvalue weighted by atomic mass is 16.2. The van der Waals surface area contributed by atoms with E-state index in [-0.39, 0.29) is 17.7 Å². The summed E-state index contributed by atoms with van der Waals surface area (Å²) in [7, 11) is 5.42. The lowest BCUT2D eigenvalue weighted by Gasteiger charge is -2.39. The molecule has 0 unspecified atom stereocenters. The smallest absolute Gasteiger partial charge is 0.246 e. The van der Waals surface area contributed by atoms with Crippen molar-refractivity contribution in [2.24, 2.45) is 5.73 Å². The Morgan fingerprint density at radius 2 is 1.28 bits per heavy atom. The van der Waals surface area contributed by atoms with Crippen LogP contribution in [0.25, 0.3) is 11.1 Å². The molecule has 8 heteroatoms. The molecule has 47 heavy (non-hydrogen) atoms. The summed E-state index contributed by atoms with van der Waals surface area (Å²) in [6.07, 6.45) is 2.81. The van der Waals surface area contributed by atoms with Gasteiger partial charge in [-0.1, -0.05) is 90.5 Å². The highest BCUT2D eigenvalue weighted by Crippen LogP contribution is 2.22. The number of hydrogen-bond acceptors (Lipinski definition) is 5. The molecule has 3 aromatic rings. The van der Waals surface area contributed by atoms with Crippen LogP contribution in [0.2, 0.25) is 0 Å². The fourth-order valence-electron chi connectivity index (χ4n) is 6.17. The van der Waals surface area contributed by atoms with Gasteiger partial charge in [-0.15, -0.1) is 0 Å². The third kappa shape index (κ3) is 10.1. The molecular formula is C39H51N5O3. The van der Waals surface area contributed by atoms with Crippen LogP contribution in [-0.4, -0.2) is 102 Å². The summed E-state index contributed by atoms with van der Waals surface area (Å²) >= 11 is 0. The number of piperazine rings is 1. The number of nitrogens with zero attached hydrogens (tertiary/aromatic N) is 4. The van der Waals surface area contributed by atoms with Crippen LogP contribution in [0.4, 0.5) is 0 Å². The molecule has 1 aliphatic rings. The molecule has 0 spiro atoms. The minimum atomic E-state index is -0.830. The number of benzene rings is 3. The van der Waals surface area contributed by atoms with E-state index >= 15 is 0 Å². The summed E-state index contributed by atoms with van der Waals surface area (Å²) in [6, 6.07) is 26.5. The van der Waals surface area contributed by atoms with Crippen molar-refractivity contribution in [3.8, 4) is 11.1 Å². The van der Waals surface area contributed by atoms with E-state index in [0.717, 1.165) is 40.9 Å². The number of carbonyl (C=O) groups excluding carboxylic acids is 3. The molecule has 1 saturated heterocycles. The van der Waals surface area contributed by atoms with Crippen LogP contribution in [0.3, 0.4) is 0 Å². The SMILES string of the molecule is C/C(=C\C(=O)N(C)[C@H](Cc1ccc(-c2ccccc2)cc1)C(=O)N(C)[C@H](Cc1ccccc1)C(=O)N1CCN(C)CC1)CC(C)(C)N. The van der Waals surface area contributed by atoms with Gasteiger partial charge in [0.1, 0.15) is 12.1 Å². The second-order valence-corrected chi connectivity index (χ2v) is 13.7. The minimum Gasteiger partial charge on any atom is -0.338 e. The van der Waals surface area contributed by atoms with E-state index in [1.54, 1.807) is 25.1 Å². The van der Waals surface area contributed by atoms with Crippen LogP contribution in [0, 0.1) is 0 Å². The van der Waals surface area contributed by atoms with Crippen LogP contribution in [0.1, 0.15) is 38.3 Å². The Balaban J connectivity index is 1.65. The van der Waals surface area contributed by atoms with Gasteiger partial charge >= 0.3 is 0 Å². The van der Waals surface area contributed by atoms with Gasteiger partial charge in [0.2, 0.25) is 17.7 Å². The van der Waals surface area contributed by atoms with Gasteiger partial charge in [0.05, 0.1) is 0 Å². The van der Waals surface area contributed by atoms with E-state index in [1.165, 1.54) is 4.90 Å². The van der Waals surface area contributed by atoms with Gasteiger partial charge in [0.25, 0.3) is 0 Å². The minimum absolute atomic E-state index is 0.0707. The molecule has 8 nitrogen and oxygen atoms in total. The van der Waals surface area contributed by atoms with Crippen molar-refractivity contribution in [2.75, 3.05) is 47.3 Å². The average molecular weight is 638 g/mol. The van der Waals surface area contributed by atoms with E-state index < -0.39 is 17.6 Å². The summed E-state index contributed by atoms with van der Waals surface area (Å²) < 4.78 is 0. The largest absolute Gasteiger partial charge is 0.338 e. The zero-order valence-electron chi connectivity index (χ0n) is 28.9. The van der Waals surface area contributed by atoms with Crippen molar-refractivity contribution in [3.63, 3.8) is 0 Å². The van der Waals surface area contributed by atoms with E-state index in [0.29, 0.717) is 32.4 Å². The van der Waals surface area contributed by atoms with Crippen molar-refractivity contribution in [3.05, 3.63) is 108 Å². The van der Waals surface area contributed by atoms with Crippen LogP contribution in [0.5, 0.6) is 0 Å². The first-order valence-corrected chi connectivity index (χ1v) is 16.5. The zero-order chi connectivity index (χ0) is 34.1. The van der Waals surface area contributed by atoms with Gasteiger partial charge in [-0.05, 0) is 56.5 Å². The third-order valence-electron chi connectivity index (χ3n) is 8.88. The Bertz CT molecular complexity index is 1510. The Kier molecular flexibility index (Phi) is 12.1. The van der Waals surface area contributed by atoms with Gasteiger partial charge in [-0.3, -0.25) is 14.4 Å². The first kappa shape index (κ1) is 35.6. The van der Waals surface area contributed by atoms with Crippen molar-refractivity contribution >= 4 is 17.7 Å². The van der Waals surface area contributed by atoms with Crippen LogP contribution in [0.15, 0.2) is 96.6 Å². The molecule has 1 heterocycles. The second kappa shape index (κ2) is 16.0. The second-order valence-electron chi connectivity index (χ2n) is 13.7. The summed E-state index contributed by atoms with van der Waals surface area (Å²) in [5, 5.41) is 0. The molecule has 2 N–H and O–H groups in total. The Morgan fingerprint density at radius 1 is 0.766 bits per heavy atom. The lowest BCUT2D eigenvalue weighted by Crippen LogP contribution is -2.58. The topological polar surface area (TPSA) is 90.2 Å². The first-order chi connectivity index (χ1) is 22.3. The van der Waals surface area contributed by atoms with E-state index in [9.17, 15) is 14.4 Å². The highest BCUT2D eigenvalue weighted by Gasteiger charge is 2.37. The molecule has 0 bridgehead atoms. The maximum Gasteiger partial charge on any atom is 0.246 e. The maximum absolute atomic E-state index is 14.6. The average Bonchev–Trinajstić information content (AvgIpc) is 3.05. The molecule has 1 fully saturated rings. The van der Waals surface area contributed by atoms with E-state index in [2.05, 4.69) is 17.0 Å². The lowest BCUT2D eigenvalue weighted by molar-refractivity contribution is -0.149. The lowest BCUT2D eigenvalue weighted by atomic mass is 9.96. The summed E-state index contributed by atoms with van der Waals surface area (Å²) in [5.74, 6) is -0.621. The number of nitrogens with two attached hydrogens (primary N) is 1. The molecule has 0 aromatic heterocycles. The highest BCUT2D eigenvalue weighted by molar-refractivity contribution is 5.95. The van der Waals surface area contributed by atoms with Crippen LogP contribution >= 0.6 is 0 Å². The van der Waals surface area contributed by atoms with Crippen molar-refractivity contribution in [2.45, 2.75) is 57.7 Å². The molecule has 0 radical (unpaired) electrons. The monoisotopic (exact) mass is 637 g/mol. The van der Waals surface area contributed by atoms with Gasteiger partial charge in [0, 0.05) is 64.7 Å². The third-order valence-corrected chi connectivity index (χ3v) is 8.88. The standard InChI is InChI=1S/C39H51N5O3/c1-29(28-39(2,3)40)25-36(45)42(5)34(27-31-17-19-33(20-18-31)32-15-11-8-12-16-32)37(46)43(6)35(26-30-13-9-7-10-14-30)38(47)44-23-21-41(4)22-24-44/h7-20,25,34-35H,21-24,26-28,40H2,1-6H3/b29-25+/t34-,35-/m1/s1. The molecule has 2 atom stereocenters. The number of likely N-dealkylation sites (N-methyl/N-ethyl adjacent to an activating group) is 3. The Morgan fingerprint density at radius 3 is 1.85 bits per heavy atom. The molecule has 0 saturated carbocycles. The van der Waals surface area contributed by atoms with Crippen molar-refractivity contribution < 1.29 is 14.4 Å². The molecule has 4 rings (SSSR count). The molecular weight excluding hydrogens is 586 g/mol. The van der Waals surface area contributed by atoms with Gasteiger partial charge in [-0.25, -0.2) is 0 Å². The van der Waals surface area contributed by atoms with Crippen LogP contribution < -0.4 is 5.73 Å². The molecule has 1 aliphatic heterocycles. The normalized spacial score (nSPS) is 15.6. The van der Waals surface area contributed by atoms with Gasteiger partial charge in [0.15, 0.2) is 0 Å². The predicted molar refractivity (Wildman–Crippen MR) is 190 cm³/mol. The molecule has 3 amide bonds. The number of amides is 3. The quantitative estimate of drug-likeness (QED) is 0.293. The fourth-order valence-corrected chi connectivity index (χ4v) is 6.17. The summed E-state index contributed by atoms with van der Waals surface area (Å²) in [5.41, 5.74) is 10.7. The zero-order valence-corrected chi connectivity index (χ0v) is 28.9. The number of rotatable bonds is 12. The Labute approximate surface area is 280 Å². The first-order valence-electron chi connectivity index (χ1n) is 16.5. The molecule has 0 aliphatic carbocycles. The van der Waals surface area contributed by atoms with E-state index in [1.807, 2.05) is 106 Å². The van der Waals surface area contributed by atoms with Crippen molar-refractivity contribution in [1.82, 2.24) is 19.6 Å². The summed E-state index contributed by atoms with van der Waals surface area (Å²) in [6.45, 7) is 8.51. The van der Waals surface area contributed by atoms with Crippen LogP contribution in [-0.2, 0) is 27.2 Å². The van der Waals surface area contributed by atoms with Crippen molar-refractivity contribution in [1.29, 1.82) is 0 Å². The predicted octanol–water partition coefficient (Wildman–Crippen LogP) is 4.64. The Hall–Kier alpha value is -4.27. The molecule has 250 valence electrons. The van der Waals surface area contributed by atoms with E-state index in [4.69, 9.17) is 5.73 Å². The number of hydrogen-bond donors (Lipinski definition) is 1. The van der Waals surface area contributed by atoms with Gasteiger partial charge in [-0.2, -0.15) is 0 Å². The molecule has 3 aromatic carbocycles. The summed E-state index contributed by atoms with van der Waals surface area (Å²) in [4.78, 5) is 49.5. The number of carbonyl (C=O) groups is 3. The van der Waals surface area contributed by atoms with Gasteiger partial charge < -0.3 is 25.3 Å².